The van der Waals surface area contributed by atoms with Crippen molar-refractivity contribution in [2.24, 2.45) is 4.99 Å². The lowest BCUT2D eigenvalue weighted by atomic mass is 10.0. The molecule has 0 saturated carbocycles. The lowest BCUT2D eigenvalue weighted by Gasteiger charge is -2.08. The van der Waals surface area contributed by atoms with Crippen LogP contribution < -0.4 is 0 Å². The van der Waals surface area contributed by atoms with Gasteiger partial charge in [0.2, 0.25) is 5.90 Å². The van der Waals surface area contributed by atoms with Crippen LogP contribution in [0, 0.1) is 0 Å². The molecule has 0 aromatic heterocycles. The summed E-state index contributed by atoms with van der Waals surface area (Å²) in [7, 11) is 0. The highest BCUT2D eigenvalue weighted by atomic mass is 16.5. The van der Waals surface area contributed by atoms with Crippen molar-refractivity contribution >= 4 is 17.5 Å². The summed E-state index contributed by atoms with van der Waals surface area (Å²) >= 11 is 0. The number of rotatable bonds is 3. The van der Waals surface area contributed by atoms with E-state index in [1.54, 1.807) is 0 Å². The van der Waals surface area contributed by atoms with Crippen LogP contribution in [0.4, 0.5) is 0 Å². The molecule has 0 saturated heterocycles. The van der Waals surface area contributed by atoms with Gasteiger partial charge in [-0.3, -0.25) is 0 Å². The monoisotopic (exact) mass is 199 g/mol. The molecule has 0 aliphatic carbocycles. The van der Waals surface area contributed by atoms with Gasteiger partial charge in [0.25, 0.3) is 0 Å². The zero-order valence-corrected chi connectivity index (χ0v) is 8.57. The summed E-state index contributed by atoms with van der Waals surface area (Å²) in [5.74, 6) is 0.657. The fourth-order valence-corrected chi connectivity index (χ4v) is 1.58. The predicted octanol–water partition coefficient (Wildman–Crippen LogP) is 2.77. The third kappa shape index (κ3) is 1.84. The number of nitrogens with zero attached hydrogens (tertiary/aromatic N) is 1. The summed E-state index contributed by atoms with van der Waals surface area (Å²) in [6.45, 7) is 9.17. The summed E-state index contributed by atoms with van der Waals surface area (Å²) < 4.78 is 5.38. The van der Waals surface area contributed by atoms with Crippen LogP contribution in [0.1, 0.15) is 11.1 Å². The van der Waals surface area contributed by atoms with E-state index >= 15 is 0 Å². The Morgan fingerprint density at radius 1 is 1.40 bits per heavy atom. The van der Waals surface area contributed by atoms with E-state index in [0.29, 0.717) is 12.5 Å². The van der Waals surface area contributed by atoms with E-state index in [2.05, 4.69) is 18.2 Å². The Kier molecular flexibility index (Phi) is 2.68. The molecule has 0 bridgehead atoms. The molecular formula is C13H13NO. The molecule has 1 aromatic carbocycles. The minimum atomic E-state index is 0.657. The minimum Gasteiger partial charge on any atom is -0.476 e. The highest BCUT2D eigenvalue weighted by Gasteiger charge is 2.14. The van der Waals surface area contributed by atoms with Crippen molar-refractivity contribution < 1.29 is 4.74 Å². The first-order valence-corrected chi connectivity index (χ1v) is 4.91. The topological polar surface area (TPSA) is 21.6 Å². The molecule has 0 spiro atoms. The molecule has 1 aromatic rings. The van der Waals surface area contributed by atoms with E-state index in [4.69, 9.17) is 4.74 Å². The van der Waals surface area contributed by atoms with Gasteiger partial charge in [-0.2, -0.15) is 0 Å². The number of benzene rings is 1. The molecule has 0 N–H and O–H groups in total. The number of ether oxygens (including phenoxy) is 1. The van der Waals surface area contributed by atoms with Gasteiger partial charge in [0, 0.05) is 5.57 Å². The SMILES string of the molecule is C=Cc1ccccc1C(=C)C1=NCCO1. The first-order chi connectivity index (χ1) is 7.33. The van der Waals surface area contributed by atoms with E-state index in [1.165, 1.54) is 0 Å². The minimum absolute atomic E-state index is 0.657. The molecule has 1 heterocycles. The highest BCUT2D eigenvalue weighted by molar-refractivity contribution is 6.20. The largest absolute Gasteiger partial charge is 0.476 e. The summed E-state index contributed by atoms with van der Waals surface area (Å²) in [4.78, 5) is 4.25. The lowest BCUT2D eigenvalue weighted by Crippen LogP contribution is -2.02. The van der Waals surface area contributed by atoms with E-state index in [1.807, 2.05) is 30.3 Å². The van der Waals surface area contributed by atoms with Gasteiger partial charge in [0.15, 0.2) is 0 Å². The van der Waals surface area contributed by atoms with E-state index in [0.717, 1.165) is 23.2 Å². The average Bonchev–Trinajstić information content (AvgIpc) is 2.81. The molecule has 15 heavy (non-hydrogen) atoms. The quantitative estimate of drug-likeness (QED) is 0.733. The maximum absolute atomic E-state index is 5.38. The Morgan fingerprint density at radius 2 is 2.20 bits per heavy atom. The Bertz CT molecular complexity index is 432. The zero-order chi connectivity index (χ0) is 10.7. The molecule has 0 fully saturated rings. The van der Waals surface area contributed by atoms with Crippen molar-refractivity contribution in [2.75, 3.05) is 13.2 Å². The Hall–Kier alpha value is -1.83. The second-order valence-electron chi connectivity index (χ2n) is 3.31. The maximum Gasteiger partial charge on any atom is 0.216 e. The predicted molar refractivity (Wildman–Crippen MR) is 63.8 cm³/mol. The van der Waals surface area contributed by atoms with Crippen LogP contribution in [0.2, 0.25) is 0 Å². The van der Waals surface area contributed by atoms with Crippen molar-refractivity contribution in [3.05, 3.63) is 48.6 Å². The molecule has 2 rings (SSSR count). The van der Waals surface area contributed by atoms with Gasteiger partial charge in [0.05, 0.1) is 6.54 Å². The molecular weight excluding hydrogens is 186 g/mol. The van der Waals surface area contributed by atoms with Gasteiger partial charge in [-0.15, -0.1) is 0 Å². The Morgan fingerprint density at radius 3 is 2.87 bits per heavy atom. The number of aliphatic imine (C=N–C) groups is 1. The Balaban J connectivity index is 2.36. The van der Waals surface area contributed by atoms with Crippen LogP contribution in [-0.4, -0.2) is 19.0 Å². The molecule has 0 atom stereocenters. The smallest absolute Gasteiger partial charge is 0.216 e. The summed E-state index contributed by atoms with van der Waals surface area (Å²) in [6.07, 6.45) is 1.82. The second-order valence-corrected chi connectivity index (χ2v) is 3.31. The van der Waals surface area contributed by atoms with Crippen molar-refractivity contribution in [1.82, 2.24) is 0 Å². The molecule has 1 aliphatic heterocycles. The molecule has 1 aliphatic rings. The van der Waals surface area contributed by atoms with Gasteiger partial charge in [-0.05, 0) is 11.1 Å². The molecule has 0 radical (unpaired) electrons. The van der Waals surface area contributed by atoms with Crippen LogP contribution in [0.25, 0.3) is 11.6 Å². The van der Waals surface area contributed by atoms with E-state index in [-0.39, 0.29) is 0 Å². The van der Waals surface area contributed by atoms with Gasteiger partial charge in [-0.25, -0.2) is 4.99 Å². The molecule has 0 amide bonds. The van der Waals surface area contributed by atoms with Crippen LogP contribution in [0.3, 0.4) is 0 Å². The first-order valence-electron chi connectivity index (χ1n) is 4.91. The average molecular weight is 199 g/mol. The van der Waals surface area contributed by atoms with Crippen molar-refractivity contribution in [3.8, 4) is 0 Å². The van der Waals surface area contributed by atoms with Crippen LogP contribution in [-0.2, 0) is 4.74 Å². The standard InChI is InChI=1S/C13H13NO/c1-3-11-6-4-5-7-12(11)10(2)13-14-8-9-15-13/h3-7H,1-2,8-9H2. The molecule has 2 heteroatoms. The fourth-order valence-electron chi connectivity index (χ4n) is 1.58. The summed E-state index contributed by atoms with van der Waals surface area (Å²) in [6, 6.07) is 7.96. The van der Waals surface area contributed by atoms with Crippen molar-refractivity contribution in [1.29, 1.82) is 0 Å². The molecule has 76 valence electrons. The normalized spacial score (nSPS) is 14.3. The fraction of sp³-hybridized carbons (Fsp3) is 0.154. The van der Waals surface area contributed by atoms with Gasteiger partial charge in [0.1, 0.15) is 6.61 Å². The van der Waals surface area contributed by atoms with Gasteiger partial charge >= 0.3 is 0 Å². The van der Waals surface area contributed by atoms with Gasteiger partial charge < -0.3 is 4.74 Å². The number of hydrogen-bond acceptors (Lipinski definition) is 2. The van der Waals surface area contributed by atoms with Crippen LogP contribution >= 0.6 is 0 Å². The second kappa shape index (κ2) is 4.13. The first kappa shape index (κ1) is 9.71. The lowest BCUT2D eigenvalue weighted by molar-refractivity contribution is 0.351. The Labute approximate surface area is 89.6 Å². The highest BCUT2D eigenvalue weighted by Crippen LogP contribution is 2.21. The third-order valence-electron chi connectivity index (χ3n) is 2.35. The van der Waals surface area contributed by atoms with Crippen molar-refractivity contribution in [2.45, 2.75) is 0 Å². The summed E-state index contributed by atoms with van der Waals surface area (Å²) in [5.41, 5.74) is 2.93. The maximum atomic E-state index is 5.38. The van der Waals surface area contributed by atoms with E-state index in [9.17, 15) is 0 Å². The van der Waals surface area contributed by atoms with Crippen molar-refractivity contribution in [3.63, 3.8) is 0 Å². The zero-order valence-electron chi connectivity index (χ0n) is 8.57. The van der Waals surface area contributed by atoms with E-state index < -0.39 is 0 Å². The van der Waals surface area contributed by atoms with Crippen LogP contribution in [0.5, 0.6) is 0 Å². The molecule has 0 unspecified atom stereocenters. The summed E-state index contributed by atoms with van der Waals surface area (Å²) in [5, 5.41) is 0. The van der Waals surface area contributed by atoms with Gasteiger partial charge in [-0.1, -0.05) is 43.5 Å². The number of hydrogen-bond donors (Lipinski definition) is 0. The van der Waals surface area contributed by atoms with Crippen LogP contribution in [0.15, 0.2) is 42.4 Å². The third-order valence-corrected chi connectivity index (χ3v) is 2.35. The molecule has 2 nitrogen and oxygen atoms in total.